The Morgan fingerprint density at radius 2 is 2.00 bits per heavy atom. The molecule has 0 unspecified atom stereocenters. The van der Waals surface area contributed by atoms with Gasteiger partial charge in [0, 0.05) is 25.1 Å². The van der Waals surface area contributed by atoms with E-state index in [9.17, 15) is 28.4 Å². The van der Waals surface area contributed by atoms with Crippen molar-refractivity contribution >= 4 is 21.7 Å². The zero-order valence-corrected chi connectivity index (χ0v) is 16.6. The highest BCUT2D eigenvalue weighted by molar-refractivity contribution is 7.89. The van der Waals surface area contributed by atoms with Crippen LogP contribution in [0.25, 0.3) is 0 Å². The summed E-state index contributed by atoms with van der Waals surface area (Å²) in [5.41, 5.74) is -1.54. The number of aliphatic hydroxyl groups is 1. The van der Waals surface area contributed by atoms with Crippen molar-refractivity contribution < 1.29 is 28.0 Å². The van der Waals surface area contributed by atoms with Gasteiger partial charge in [0.1, 0.15) is 0 Å². The Bertz CT molecular complexity index is 795. The second kappa shape index (κ2) is 10.9. The van der Waals surface area contributed by atoms with Crippen LogP contribution >= 0.6 is 0 Å². The molecule has 0 heterocycles. The van der Waals surface area contributed by atoms with Crippen molar-refractivity contribution in [1.29, 1.82) is 0 Å². The minimum Gasteiger partial charge on any atom is -0.466 e. The number of esters is 1. The molecule has 1 atom stereocenters. The van der Waals surface area contributed by atoms with Crippen molar-refractivity contribution in [2.45, 2.75) is 49.5 Å². The molecule has 28 heavy (non-hydrogen) atoms. The fraction of sp³-hybridized carbons (Fsp3) is 0.500. The predicted octanol–water partition coefficient (Wildman–Crippen LogP) is 2.30. The molecule has 0 aliphatic carbocycles. The molecule has 0 fully saturated rings. The molecule has 0 aliphatic rings. The minimum absolute atomic E-state index is 0.112. The first-order valence-electron chi connectivity index (χ1n) is 8.80. The van der Waals surface area contributed by atoms with E-state index in [1.807, 2.05) is 0 Å². The van der Waals surface area contributed by atoms with Crippen LogP contribution in [-0.4, -0.2) is 43.2 Å². The fourth-order valence-electron chi connectivity index (χ4n) is 2.97. The quantitative estimate of drug-likeness (QED) is 0.166. The van der Waals surface area contributed by atoms with Gasteiger partial charge in [-0.3, -0.25) is 14.9 Å². The van der Waals surface area contributed by atoms with E-state index in [1.54, 1.807) is 6.08 Å². The van der Waals surface area contributed by atoms with E-state index < -0.39 is 37.0 Å². The minimum atomic E-state index is -4.23. The van der Waals surface area contributed by atoms with Crippen LogP contribution in [0.2, 0.25) is 0 Å². The second-order valence-corrected chi connectivity index (χ2v) is 8.03. The lowest BCUT2D eigenvalue weighted by molar-refractivity contribution is -0.387. The second-order valence-electron chi connectivity index (χ2n) is 6.37. The standard InChI is InChI=1S/C18H26N2O7S/c1-3-10-18(11-6-13-21,12-7-14-27-15(2)22)19-28(25,26)17-9-5-4-8-16(17)20(23)24/h3-5,8-9,19,21H,1,6-7,10-14H2,2H3/t18-/m1/s1. The number of nitrogens with one attached hydrogen (secondary N) is 1. The summed E-state index contributed by atoms with van der Waals surface area (Å²) in [6.07, 6.45) is 3.07. The van der Waals surface area contributed by atoms with Crippen LogP contribution < -0.4 is 4.72 Å². The van der Waals surface area contributed by atoms with Crippen LogP contribution in [0.5, 0.6) is 0 Å². The average molecular weight is 414 g/mol. The van der Waals surface area contributed by atoms with Gasteiger partial charge in [-0.2, -0.15) is 0 Å². The van der Waals surface area contributed by atoms with E-state index in [0.717, 1.165) is 6.07 Å². The van der Waals surface area contributed by atoms with Crippen molar-refractivity contribution in [2.24, 2.45) is 0 Å². The lowest BCUT2D eigenvalue weighted by atomic mass is 9.86. The number of aliphatic hydroxyl groups excluding tert-OH is 1. The molecule has 0 saturated carbocycles. The largest absolute Gasteiger partial charge is 0.466 e. The molecule has 0 bridgehead atoms. The molecule has 0 aromatic heterocycles. The van der Waals surface area contributed by atoms with Gasteiger partial charge in [0.25, 0.3) is 5.69 Å². The predicted molar refractivity (Wildman–Crippen MR) is 103 cm³/mol. The molecule has 1 aromatic rings. The Labute approximate surface area is 164 Å². The molecular weight excluding hydrogens is 388 g/mol. The number of rotatable bonds is 13. The van der Waals surface area contributed by atoms with Gasteiger partial charge in [0.2, 0.25) is 10.0 Å². The Morgan fingerprint density at radius 3 is 2.57 bits per heavy atom. The number of benzene rings is 1. The summed E-state index contributed by atoms with van der Waals surface area (Å²) in [4.78, 5) is 21.0. The van der Waals surface area contributed by atoms with Gasteiger partial charge in [-0.05, 0) is 38.2 Å². The van der Waals surface area contributed by atoms with Crippen LogP contribution in [0, 0.1) is 10.1 Å². The van der Waals surface area contributed by atoms with Crippen LogP contribution in [-0.2, 0) is 19.6 Å². The maximum absolute atomic E-state index is 13.0. The van der Waals surface area contributed by atoms with Gasteiger partial charge in [-0.1, -0.05) is 18.2 Å². The Hall–Kier alpha value is -2.30. The summed E-state index contributed by atoms with van der Waals surface area (Å²) in [6.45, 7) is 4.91. The van der Waals surface area contributed by atoms with E-state index in [4.69, 9.17) is 4.74 Å². The van der Waals surface area contributed by atoms with Crippen molar-refractivity contribution in [2.75, 3.05) is 13.2 Å². The Kier molecular flexibility index (Phi) is 9.23. The molecular formula is C18H26N2O7S. The maximum Gasteiger partial charge on any atom is 0.302 e. The molecule has 1 aromatic carbocycles. The van der Waals surface area contributed by atoms with Gasteiger partial charge < -0.3 is 9.84 Å². The molecule has 0 spiro atoms. The van der Waals surface area contributed by atoms with E-state index in [-0.39, 0.29) is 26.1 Å². The first-order chi connectivity index (χ1) is 13.2. The summed E-state index contributed by atoms with van der Waals surface area (Å²) in [7, 11) is -4.23. The van der Waals surface area contributed by atoms with Crippen LogP contribution in [0.3, 0.4) is 0 Å². The summed E-state index contributed by atoms with van der Waals surface area (Å²) < 4.78 is 33.4. The molecule has 0 amide bonds. The molecule has 1 rings (SSSR count). The monoisotopic (exact) mass is 414 g/mol. The number of sulfonamides is 1. The highest BCUT2D eigenvalue weighted by Crippen LogP contribution is 2.30. The third-order valence-corrected chi connectivity index (χ3v) is 5.78. The Morgan fingerprint density at radius 1 is 1.36 bits per heavy atom. The van der Waals surface area contributed by atoms with E-state index in [0.29, 0.717) is 19.3 Å². The molecule has 9 nitrogen and oxygen atoms in total. The van der Waals surface area contributed by atoms with Crippen molar-refractivity contribution in [3.05, 3.63) is 47.0 Å². The van der Waals surface area contributed by atoms with Crippen LogP contribution in [0.4, 0.5) is 5.69 Å². The zero-order chi connectivity index (χ0) is 21.2. The van der Waals surface area contributed by atoms with Gasteiger partial charge >= 0.3 is 5.97 Å². The van der Waals surface area contributed by atoms with Gasteiger partial charge in [0.05, 0.1) is 11.5 Å². The topological polar surface area (TPSA) is 136 Å². The Balaban J connectivity index is 3.19. The normalized spacial score (nSPS) is 13.5. The third-order valence-electron chi connectivity index (χ3n) is 4.16. The first-order valence-corrected chi connectivity index (χ1v) is 10.3. The highest BCUT2D eigenvalue weighted by atomic mass is 32.2. The number of carbonyl (C=O) groups is 1. The SMILES string of the molecule is C=CC[C@@](CCCO)(CCCOC(C)=O)NS(=O)(=O)c1ccccc1[N+](=O)[O-]. The fourth-order valence-corrected chi connectivity index (χ4v) is 4.61. The average Bonchev–Trinajstić information content (AvgIpc) is 2.63. The number of nitro groups is 1. The van der Waals surface area contributed by atoms with E-state index in [2.05, 4.69) is 11.3 Å². The van der Waals surface area contributed by atoms with Crippen molar-refractivity contribution in [3.8, 4) is 0 Å². The lowest BCUT2D eigenvalue weighted by Crippen LogP contribution is -2.48. The number of nitrogens with zero attached hydrogens (tertiary/aromatic N) is 1. The summed E-state index contributed by atoms with van der Waals surface area (Å²) in [5, 5.41) is 20.4. The number of carbonyl (C=O) groups excluding carboxylic acids is 1. The highest BCUT2D eigenvalue weighted by Gasteiger charge is 2.36. The maximum atomic E-state index is 13.0. The summed E-state index contributed by atoms with van der Waals surface area (Å²) in [6, 6.07) is 5.09. The van der Waals surface area contributed by atoms with E-state index in [1.165, 1.54) is 25.1 Å². The molecule has 10 heteroatoms. The van der Waals surface area contributed by atoms with Crippen LogP contribution in [0.1, 0.15) is 39.0 Å². The molecule has 0 saturated heterocycles. The lowest BCUT2D eigenvalue weighted by Gasteiger charge is -2.34. The third kappa shape index (κ3) is 7.02. The van der Waals surface area contributed by atoms with Gasteiger partial charge in [-0.25, -0.2) is 13.1 Å². The molecule has 0 radical (unpaired) electrons. The molecule has 156 valence electrons. The zero-order valence-electron chi connectivity index (χ0n) is 15.8. The smallest absolute Gasteiger partial charge is 0.302 e. The van der Waals surface area contributed by atoms with Gasteiger partial charge in [0.15, 0.2) is 4.90 Å². The summed E-state index contributed by atoms with van der Waals surface area (Å²) >= 11 is 0. The van der Waals surface area contributed by atoms with Crippen LogP contribution in [0.15, 0.2) is 41.8 Å². The molecule has 0 aliphatic heterocycles. The van der Waals surface area contributed by atoms with E-state index >= 15 is 0 Å². The summed E-state index contributed by atoms with van der Waals surface area (Å²) in [5.74, 6) is -0.440. The van der Waals surface area contributed by atoms with Crippen molar-refractivity contribution in [3.63, 3.8) is 0 Å². The first kappa shape index (κ1) is 23.7. The number of ether oxygens (including phenoxy) is 1. The number of nitro benzene ring substituents is 1. The number of hydrogen-bond donors (Lipinski definition) is 2. The van der Waals surface area contributed by atoms with Gasteiger partial charge in [-0.15, -0.1) is 6.58 Å². The molecule has 2 N–H and O–H groups in total. The van der Waals surface area contributed by atoms with Crippen molar-refractivity contribution in [1.82, 2.24) is 4.72 Å². The number of hydrogen-bond acceptors (Lipinski definition) is 7. The number of para-hydroxylation sites is 1.